The number of carbonyl (C=O) groups excluding carboxylic acids is 4. The second kappa shape index (κ2) is 17.9. The highest BCUT2D eigenvalue weighted by molar-refractivity contribution is 5.86. The lowest BCUT2D eigenvalue weighted by Gasteiger charge is -2.39. The molecule has 1 fully saturated rings. The maximum Gasteiger partial charge on any atom is 0.328 e. The molecule has 0 aliphatic carbocycles. The number of nitrogens with zero attached hydrogens (tertiary/aromatic N) is 2. The van der Waals surface area contributed by atoms with Crippen molar-refractivity contribution in [2.75, 3.05) is 48.5 Å². The van der Waals surface area contributed by atoms with Gasteiger partial charge in [-0.15, -0.1) is 0 Å². The first-order valence-electron chi connectivity index (χ1n) is 15.2. The zero-order valence-electron chi connectivity index (χ0n) is 27.1. The second-order valence-corrected chi connectivity index (χ2v) is 11.4. The van der Waals surface area contributed by atoms with Crippen molar-refractivity contribution in [2.24, 2.45) is 11.8 Å². The quantitative estimate of drug-likeness (QED) is 0.259. The first kappa shape index (κ1) is 36.2. The van der Waals surface area contributed by atoms with Crippen LogP contribution in [-0.4, -0.2) is 112 Å². The van der Waals surface area contributed by atoms with Gasteiger partial charge in [-0.25, -0.2) is 4.79 Å². The molecule has 43 heavy (non-hydrogen) atoms. The lowest BCUT2D eigenvalue weighted by molar-refractivity contribution is -0.148. The van der Waals surface area contributed by atoms with E-state index in [1.165, 1.54) is 14.2 Å². The molecule has 1 aliphatic rings. The first-order chi connectivity index (χ1) is 20.5. The van der Waals surface area contributed by atoms with Gasteiger partial charge in [-0.3, -0.25) is 14.4 Å². The number of hydrogen-bond acceptors (Lipinski definition) is 8. The standard InChI is InChI=1S/C32H52N4O7/c1-9-21(2)29(35(5)28(38)20-33-4)26(41-6)19-27(37)36-17-13-16-25(36)30(42-7)22(3)31(39)34-24(32(40)43-8)18-23-14-11-10-12-15-23/h10-12,14-15,21-22,24-26,29-30,33H,9,13,16-20H2,1-8H3,(H,34,39)/t21-,22+,24-,25-,26?,29-,30+/m0/s1. The number of benzene rings is 1. The molecule has 1 aromatic rings. The molecule has 1 heterocycles. The molecule has 11 heteroatoms. The van der Waals surface area contributed by atoms with Gasteiger partial charge in [0.1, 0.15) is 6.04 Å². The van der Waals surface area contributed by atoms with Crippen molar-refractivity contribution >= 4 is 23.7 Å². The van der Waals surface area contributed by atoms with E-state index in [-0.39, 0.29) is 48.7 Å². The number of rotatable bonds is 17. The molecule has 3 amide bonds. The summed E-state index contributed by atoms with van der Waals surface area (Å²) in [6.45, 7) is 6.60. The number of esters is 1. The molecular formula is C32H52N4O7. The molecule has 1 unspecified atom stereocenters. The van der Waals surface area contributed by atoms with Gasteiger partial charge < -0.3 is 34.6 Å². The fraction of sp³-hybridized carbons (Fsp3) is 0.688. The highest BCUT2D eigenvalue weighted by Gasteiger charge is 2.42. The van der Waals surface area contributed by atoms with Crippen LogP contribution in [-0.2, 0) is 39.8 Å². The maximum atomic E-state index is 13.8. The predicted octanol–water partition coefficient (Wildman–Crippen LogP) is 2.03. The molecular weight excluding hydrogens is 552 g/mol. The van der Waals surface area contributed by atoms with Crippen LogP contribution in [0, 0.1) is 11.8 Å². The first-order valence-corrected chi connectivity index (χ1v) is 15.2. The maximum absolute atomic E-state index is 13.8. The van der Waals surface area contributed by atoms with E-state index >= 15 is 0 Å². The van der Waals surface area contributed by atoms with Crippen LogP contribution in [0.15, 0.2) is 30.3 Å². The van der Waals surface area contributed by atoms with E-state index in [1.54, 1.807) is 37.9 Å². The fourth-order valence-corrected chi connectivity index (χ4v) is 6.09. The average Bonchev–Trinajstić information content (AvgIpc) is 3.50. The molecule has 0 bridgehead atoms. The van der Waals surface area contributed by atoms with E-state index in [0.717, 1.165) is 18.4 Å². The third-order valence-electron chi connectivity index (χ3n) is 8.72. The van der Waals surface area contributed by atoms with Crippen molar-refractivity contribution in [2.45, 2.75) is 83.2 Å². The molecule has 11 nitrogen and oxygen atoms in total. The Kier molecular flexibility index (Phi) is 15.1. The third kappa shape index (κ3) is 9.74. The van der Waals surface area contributed by atoms with Gasteiger partial charge in [0.15, 0.2) is 0 Å². The summed E-state index contributed by atoms with van der Waals surface area (Å²) in [5.74, 6) is -1.61. The minimum absolute atomic E-state index is 0.0712. The van der Waals surface area contributed by atoms with E-state index in [9.17, 15) is 19.2 Å². The van der Waals surface area contributed by atoms with Crippen LogP contribution in [0.3, 0.4) is 0 Å². The lowest BCUT2D eigenvalue weighted by Crippen LogP contribution is -2.54. The summed E-state index contributed by atoms with van der Waals surface area (Å²) < 4.78 is 16.7. The Balaban J connectivity index is 2.19. The Morgan fingerprint density at radius 2 is 1.74 bits per heavy atom. The van der Waals surface area contributed by atoms with Crippen molar-refractivity contribution in [3.05, 3.63) is 35.9 Å². The number of nitrogens with one attached hydrogen (secondary N) is 2. The third-order valence-corrected chi connectivity index (χ3v) is 8.72. The van der Waals surface area contributed by atoms with Gasteiger partial charge in [0.2, 0.25) is 17.7 Å². The van der Waals surface area contributed by atoms with Crippen LogP contribution >= 0.6 is 0 Å². The Labute approximate surface area is 257 Å². The van der Waals surface area contributed by atoms with Crippen LogP contribution in [0.1, 0.15) is 52.0 Å². The van der Waals surface area contributed by atoms with Crippen LogP contribution in [0.25, 0.3) is 0 Å². The van der Waals surface area contributed by atoms with E-state index < -0.39 is 30.1 Å². The molecule has 1 aliphatic heterocycles. The molecule has 0 radical (unpaired) electrons. The van der Waals surface area contributed by atoms with Gasteiger partial charge >= 0.3 is 5.97 Å². The Hall–Kier alpha value is -3.02. The highest BCUT2D eigenvalue weighted by Crippen LogP contribution is 2.29. The monoisotopic (exact) mass is 604 g/mol. The van der Waals surface area contributed by atoms with E-state index in [4.69, 9.17) is 14.2 Å². The van der Waals surface area contributed by atoms with E-state index in [2.05, 4.69) is 24.5 Å². The molecule has 1 saturated heterocycles. The minimum atomic E-state index is -0.858. The smallest absolute Gasteiger partial charge is 0.328 e. The molecule has 0 saturated carbocycles. The zero-order chi connectivity index (χ0) is 32.1. The number of likely N-dealkylation sites (tertiary alicyclic amines) is 1. The van der Waals surface area contributed by atoms with E-state index in [0.29, 0.717) is 19.4 Å². The van der Waals surface area contributed by atoms with Gasteiger partial charge in [-0.2, -0.15) is 0 Å². The normalized spacial score (nSPS) is 19.1. The summed E-state index contributed by atoms with van der Waals surface area (Å²) in [4.78, 5) is 56.0. The molecule has 0 spiro atoms. The summed E-state index contributed by atoms with van der Waals surface area (Å²) in [5, 5.41) is 5.75. The van der Waals surface area contributed by atoms with Crippen LogP contribution in [0.4, 0.5) is 0 Å². The molecule has 7 atom stereocenters. The van der Waals surface area contributed by atoms with E-state index in [1.807, 2.05) is 30.3 Å². The van der Waals surface area contributed by atoms with Gasteiger partial charge in [0, 0.05) is 34.2 Å². The minimum Gasteiger partial charge on any atom is -0.467 e. The van der Waals surface area contributed by atoms with Crippen LogP contribution < -0.4 is 10.6 Å². The molecule has 0 aromatic heterocycles. The Morgan fingerprint density at radius 3 is 2.30 bits per heavy atom. The predicted molar refractivity (Wildman–Crippen MR) is 164 cm³/mol. The zero-order valence-corrected chi connectivity index (χ0v) is 27.1. The summed E-state index contributed by atoms with van der Waals surface area (Å²) in [6, 6.07) is 7.93. The van der Waals surface area contributed by atoms with Crippen LogP contribution in [0.2, 0.25) is 0 Å². The van der Waals surface area contributed by atoms with Crippen molar-refractivity contribution in [3.8, 4) is 0 Å². The summed E-state index contributed by atoms with van der Waals surface area (Å²) >= 11 is 0. The second-order valence-electron chi connectivity index (χ2n) is 11.4. The van der Waals surface area contributed by atoms with Crippen molar-refractivity contribution < 1.29 is 33.4 Å². The van der Waals surface area contributed by atoms with Crippen molar-refractivity contribution in [1.82, 2.24) is 20.4 Å². The highest BCUT2D eigenvalue weighted by atomic mass is 16.5. The lowest BCUT2D eigenvalue weighted by atomic mass is 9.90. The number of hydrogen-bond donors (Lipinski definition) is 2. The number of methoxy groups -OCH3 is 3. The number of likely N-dealkylation sites (N-methyl/N-ethyl adjacent to an activating group) is 2. The van der Waals surface area contributed by atoms with Crippen LogP contribution in [0.5, 0.6) is 0 Å². The summed E-state index contributed by atoms with van der Waals surface area (Å²) in [5.41, 5.74) is 0.892. The topological polar surface area (TPSA) is 127 Å². The Morgan fingerprint density at radius 1 is 1.07 bits per heavy atom. The van der Waals surface area contributed by atoms with Gasteiger partial charge in [-0.1, -0.05) is 57.5 Å². The average molecular weight is 605 g/mol. The molecule has 2 rings (SSSR count). The SMILES string of the molecule is CC[C@H](C)[C@@H](C(CC(=O)N1CCC[C@H]1[C@H](OC)[C@@H](C)C(=O)N[C@@H](Cc1ccccc1)C(=O)OC)OC)N(C)C(=O)CNC. The van der Waals surface area contributed by atoms with Crippen molar-refractivity contribution in [3.63, 3.8) is 0 Å². The number of carbonyl (C=O) groups is 4. The molecule has 2 N–H and O–H groups in total. The molecule has 1 aromatic carbocycles. The largest absolute Gasteiger partial charge is 0.467 e. The fourth-order valence-electron chi connectivity index (χ4n) is 6.09. The van der Waals surface area contributed by atoms with Crippen molar-refractivity contribution in [1.29, 1.82) is 0 Å². The van der Waals surface area contributed by atoms with Gasteiger partial charge in [-0.05, 0) is 31.4 Å². The summed E-state index contributed by atoms with van der Waals surface area (Å²) in [7, 11) is 7.88. The number of amides is 3. The Bertz CT molecular complexity index is 1040. The number of ether oxygens (including phenoxy) is 3. The van der Waals surface area contributed by atoms with Gasteiger partial charge in [0.05, 0.1) is 50.3 Å². The molecule has 242 valence electrons. The summed E-state index contributed by atoms with van der Waals surface area (Å²) in [6.07, 6.45) is 1.56. The van der Waals surface area contributed by atoms with Gasteiger partial charge in [0.25, 0.3) is 0 Å².